The Morgan fingerprint density at radius 2 is 2.00 bits per heavy atom. The number of hydrogen-bond donors (Lipinski definition) is 1. The van der Waals surface area contributed by atoms with Crippen LogP contribution in [0, 0.1) is 0 Å². The van der Waals surface area contributed by atoms with Crippen LogP contribution in [0.1, 0.15) is 30.9 Å². The van der Waals surface area contributed by atoms with Gasteiger partial charge >= 0.3 is 0 Å². The molecule has 0 spiro atoms. The lowest BCUT2D eigenvalue weighted by molar-refractivity contribution is -0.133. The third-order valence-electron chi connectivity index (χ3n) is 5.65. The van der Waals surface area contributed by atoms with Gasteiger partial charge < -0.3 is 14.8 Å². The van der Waals surface area contributed by atoms with Crippen molar-refractivity contribution < 1.29 is 13.9 Å². The van der Waals surface area contributed by atoms with E-state index in [1.165, 1.54) is 5.56 Å². The highest BCUT2D eigenvalue weighted by Crippen LogP contribution is 2.33. The van der Waals surface area contributed by atoms with Crippen LogP contribution in [0.25, 0.3) is 0 Å². The second-order valence-electron chi connectivity index (χ2n) is 7.41. The van der Waals surface area contributed by atoms with Gasteiger partial charge in [0.2, 0.25) is 0 Å². The van der Waals surface area contributed by atoms with E-state index in [-0.39, 0.29) is 17.7 Å². The number of halogens is 1. The molecule has 1 aromatic carbocycles. The van der Waals surface area contributed by atoms with Gasteiger partial charge in [-0.1, -0.05) is 30.3 Å². The molecule has 0 bridgehead atoms. The second kappa shape index (κ2) is 7.08. The van der Waals surface area contributed by atoms with Gasteiger partial charge in [0.15, 0.2) is 0 Å². The highest BCUT2D eigenvalue weighted by atomic mass is 19.1. The summed E-state index contributed by atoms with van der Waals surface area (Å²) in [7, 11) is 0. The van der Waals surface area contributed by atoms with Crippen molar-refractivity contribution in [3.8, 4) is 0 Å². The predicted molar refractivity (Wildman–Crippen MR) is 90.8 cm³/mol. The molecule has 0 saturated carbocycles. The van der Waals surface area contributed by atoms with E-state index in [0.29, 0.717) is 26.2 Å². The molecule has 0 aliphatic carbocycles. The first-order valence-electron chi connectivity index (χ1n) is 9.13. The molecule has 3 atom stereocenters. The average molecular weight is 334 g/mol. The fraction of sp³-hybridized carbons (Fsp3) is 0.684. The fourth-order valence-corrected chi connectivity index (χ4v) is 4.12. The molecule has 4 rings (SSSR count). The fourth-order valence-electron chi connectivity index (χ4n) is 4.12. The van der Waals surface area contributed by atoms with Crippen LogP contribution in [0.2, 0.25) is 0 Å². The Balaban J connectivity index is 1.24. The Hall–Kier alpha value is -1.01. The molecule has 3 fully saturated rings. The van der Waals surface area contributed by atoms with Gasteiger partial charge in [0.1, 0.15) is 6.17 Å². The molecule has 3 saturated heterocycles. The molecule has 3 unspecified atom stereocenters. The van der Waals surface area contributed by atoms with Gasteiger partial charge in [0.05, 0.1) is 31.0 Å². The minimum absolute atomic E-state index is 0.00171. The molecular weight excluding hydrogens is 307 g/mol. The number of benzene rings is 1. The van der Waals surface area contributed by atoms with Crippen LogP contribution in [0.4, 0.5) is 4.39 Å². The molecule has 3 aliphatic rings. The Labute approximate surface area is 143 Å². The van der Waals surface area contributed by atoms with Crippen LogP contribution in [-0.4, -0.2) is 62.1 Å². The first kappa shape index (κ1) is 16.5. The van der Waals surface area contributed by atoms with Crippen LogP contribution >= 0.6 is 0 Å². The SMILES string of the molecule is FC1CCN(C2(CNCC3CCC(c4ccccc4)O3)COC2)C1. The summed E-state index contributed by atoms with van der Waals surface area (Å²) in [6, 6.07) is 10.5. The van der Waals surface area contributed by atoms with Crippen LogP contribution < -0.4 is 5.32 Å². The summed E-state index contributed by atoms with van der Waals surface area (Å²) in [6.45, 7) is 4.55. The van der Waals surface area contributed by atoms with E-state index in [0.717, 1.165) is 32.5 Å². The van der Waals surface area contributed by atoms with Crippen LogP contribution in [-0.2, 0) is 9.47 Å². The van der Waals surface area contributed by atoms with Gasteiger partial charge in [0.25, 0.3) is 0 Å². The molecule has 1 N–H and O–H groups in total. The average Bonchev–Trinajstić information content (AvgIpc) is 3.20. The summed E-state index contributed by atoms with van der Waals surface area (Å²) in [6.07, 6.45) is 2.65. The molecule has 132 valence electrons. The number of alkyl halides is 1. The summed E-state index contributed by atoms with van der Waals surface area (Å²) in [5.41, 5.74) is 1.27. The number of rotatable bonds is 6. The highest BCUT2D eigenvalue weighted by molar-refractivity contribution is 5.18. The van der Waals surface area contributed by atoms with E-state index in [9.17, 15) is 4.39 Å². The maximum atomic E-state index is 13.5. The summed E-state index contributed by atoms with van der Waals surface area (Å²) >= 11 is 0. The molecule has 5 heteroatoms. The zero-order valence-corrected chi connectivity index (χ0v) is 14.1. The Morgan fingerprint density at radius 3 is 2.67 bits per heavy atom. The largest absolute Gasteiger partial charge is 0.377 e. The van der Waals surface area contributed by atoms with Gasteiger partial charge in [-0.3, -0.25) is 4.90 Å². The quantitative estimate of drug-likeness (QED) is 0.866. The standard InChI is InChI=1S/C19H27FN2O2/c20-16-8-9-22(11-16)19(13-23-14-19)12-21-10-17-6-7-18(24-17)15-4-2-1-3-5-15/h1-5,16-18,21H,6-14H2. The molecule has 4 nitrogen and oxygen atoms in total. The summed E-state index contributed by atoms with van der Waals surface area (Å²) in [5, 5.41) is 3.56. The van der Waals surface area contributed by atoms with Crippen molar-refractivity contribution in [1.29, 1.82) is 0 Å². The zero-order valence-electron chi connectivity index (χ0n) is 14.1. The smallest absolute Gasteiger partial charge is 0.114 e. The van der Waals surface area contributed by atoms with Crippen LogP contribution in [0.15, 0.2) is 30.3 Å². The lowest BCUT2D eigenvalue weighted by atomic mass is 9.95. The molecule has 1 aromatic rings. The Morgan fingerprint density at radius 1 is 1.17 bits per heavy atom. The minimum Gasteiger partial charge on any atom is -0.377 e. The second-order valence-corrected chi connectivity index (χ2v) is 7.41. The molecule has 0 aromatic heterocycles. The third-order valence-corrected chi connectivity index (χ3v) is 5.65. The number of hydrogen-bond acceptors (Lipinski definition) is 4. The summed E-state index contributed by atoms with van der Waals surface area (Å²) in [4.78, 5) is 2.27. The molecule has 0 radical (unpaired) electrons. The number of nitrogens with zero attached hydrogens (tertiary/aromatic N) is 1. The Bertz CT molecular complexity index is 537. The maximum absolute atomic E-state index is 13.5. The minimum atomic E-state index is -0.674. The summed E-state index contributed by atoms with van der Waals surface area (Å²) < 4.78 is 25.2. The zero-order chi connectivity index (χ0) is 16.4. The van der Waals surface area contributed by atoms with E-state index < -0.39 is 6.17 Å². The van der Waals surface area contributed by atoms with Crippen molar-refractivity contribution in [2.75, 3.05) is 39.4 Å². The van der Waals surface area contributed by atoms with Crippen molar-refractivity contribution in [3.63, 3.8) is 0 Å². The topological polar surface area (TPSA) is 33.7 Å². The molecule has 0 amide bonds. The first-order valence-corrected chi connectivity index (χ1v) is 9.13. The monoisotopic (exact) mass is 334 g/mol. The Kier molecular flexibility index (Phi) is 4.86. The lowest BCUT2D eigenvalue weighted by Gasteiger charge is -2.48. The van der Waals surface area contributed by atoms with E-state index in [2.05, 4.69) is 34.5 Å². The van der Waals surface area contributed by atoms with Crippen molar-refractivity contribution in [1.82, 2.24) is 10.2 Å². The van der Waals surface area contributed by atoms with Crippen molar-refractivity contribution in [3.05, 3.63) is 35.9 Å². The van der Waals surface area contributed by atoms with E-state index in [4.69, 9.17) is 9.47 Å². The predicted octanol–water partition coefficient (Wildman–Crippen LogP) is 2.31. The van der Waals surface area contributed by atoms with E-state index >= 15 is 0 Å². The van der Waals surface area contributed by atoms with E-state index in [1.54, 1.807) is 0 Å². The summed E-state index contributed by atoms with van der Waals surface area (Å²) in [5.74, 6) is 0. The number of ether oxygens (including phenoxy) is 2. The van der Waals surface area contributed by atoms with Crippen molar-refractivity contribution in [2.45, 2.75) is 43.2 Å². The maximum Gasteiger partial charge on any atom is 0.114 e. The number of likely N-dealkylation sites (tertiary alicyclic amines) is 1. The van der Waals surface area contributed by atoms with Crippen molar-refractivity contribution >= 4 is 0 Å². The van der Waals surface area contributed by atoms with Crippen LogP contribution in [0.3, 0.4) is 0 Å². The van der Waals surface area contributed by atoms with Gasteiger partial charge in [0, 0.05) is 26.2 Å². The molecule has 3 aliphatic heterocycles. The van der Waals surface area contributed by atoms with Gasteiger partial charge in [-0.2, -0.15) is 0 Å². The molecule has 24 heavy (non-hydrogen) atoms. The third kappa shape index (κ3) is 3.36. The van der Waals surface area contributed by atoms with Crippen molar-refractivity contribution in [2.24, 2.45) is 0 Å². The molecule has 3 heterocycles. The van der Waals surface area contributed by atoms with Gasteiger partial charge in [-0.25, -0.2) is 4.39 Å². The van der Waals surface area contributed by atoms with E-state index in [1.807, 2.05) is 6.07 Å². The highest BCUT2D eigenvalue weighted by Gasteiger charge is 2.46. The first-order chi connectivity index (χ1) is 11.8. The normalized spacial score (nSPS) is 32.8. The van der Waals surface area contributed by atoms with Gasteiger partial charge in [-0.15, -0.1) is 0 Å². The molecular formula is C19H27FN2O2. The van der Waals surface area contributed by atoms with Crippen LogP contribution in [0.5, 0.6) is 0 Å². The lowest BCUT2D eigenvalue weighted by Crippen LogP contribution is -2.66. The van der Waals surface area contributed by atoms with Gasteiger partial charge in [-0.05, 0) is 24.8 Å². The number of nitrogens with one attached hydrogen (secondary N) is 1.